The fraction of sp³-hybridized carbons (Fsp3) is 0.200. The number of nitrogens with one attached hydrogen (secondary N) is 1. The highest BCUT2D eigenvalue weighted by Gasteiger charge is 2.10. The van der Waals surface area contributed by atoms with Crippen LogP contribution in [0.15, 0.2) is 22.7 Å². The van der Waals surface area contributed by atoms with Crippen LogP contribution in [-0.4, -0.2) is 25.2 Å². The number of carbonyl (C=O) groups excluding carboxylic acids is 2. The van der Waals surface area contributed by atoms with Gasteiger partial charge in [0.05, 0.1) is 12.1 Å². The number of hydrogen-bond acceptors (Lipinski definition) is 3. The molecule has 0 aliphatic heterocycles. The van der Waals surface area contributed by atoms with E-state index in [1.807, 2.05) is 0 Å². The molecule has 0 saturated heterocycles. The van der Waals surface area contributed by atoms with Gasteiger partial charge in [0, 0.05) is 4.47 Å². The van der Waals surface area contributed by atoms with E-state index >= 15 is 0 Å². The summed E-state index contributed by atoms with van der Waals surface area (Å²) in [6.45, 7) is 0.117. The van der Waals surface area contributed by atoms with Gasteiger partial charge in [-0.2, -0.15) is 0 Å². The minimum atomic E-state index is -0.901. The summed E-state index contributed by atoms with van der Waals surface area (Å²) in [5.41, 5.74) is 5.03. The largest absolute Gasteiger partial charge is 0.448 e. The average Bonchev–Trinajstić information content (AvgIpc) is 2.23. The van der Waals surface area contributed by atoms with Gasteiger partial charge in [-0.05, 0) is 34.1 Å². The summed E-state index contributed by atoms with van der Waals surface area (Å²) in [6, 6.07) is 3.72. The lowest BCUT2D eigenvalue weighted by atomic mass is 10.2. The Morgan fingerprint density at radius 2 is 2.18 bits per heavy atom. The lowest BCUT2D eigenvalue weighted by molar-refractivity contribution is 0.0936. The number of ether oxygens (including phenoxy) is 1. The van der Waals surface area contributed by atoms with E-state index in [0.29, 0.717) is 10.0 Å². The molecule has 0 radical (unpaired) electrons. The van der Waals surface area contributed by atoms with Crippen LogP contribution in [0.3, 0.4) is 0 Å². The van der Waals surface area contributed by atoms with E-state index in [4.69, 9.17) is 5.73 Å². The summed E-state index contributed by atoms with van der Waals surface area (Å²) in [6.07, 6.45) is -0.901. The van der Waals surface area contributed by atoms with Crippen LogP contribution in [0.2, 0.25) is 0 Å². The molecule has 17 heavy (non-hydrogen) atoms. The van der Waals surface area contributed by atoms with Gasteiger partial charge in [0.2, 0.25) is 0 Å². The molecule has 0 aliphatic rings. The zero-order chi connectivity index (χ0) is 12.8. The van der Waals surface area contributed by atoms with Crippen molar-refractivity contribution in [3.8, 4) is 0 Å². The van der Waals surface area contributed by atoms with Crippen LogP contribution in [0.5, 0.6) is 0 Å². The van der Waals surface area contributed by atoms with Gasteiger partial charge >= 0.3 is 6.09 Å². The van der Waals surface area contributed by atoms with Crippen molar-refractivity contribution in [2.45, 2.75) is 0 Å². The molecule has 1 aromatic rings. The molecule has 7 heteroatoms. The zero-order valence-electron chi connectivity index (χ0n) is 8.70. The van der Waals surface area contributed by atoms with Crippen molar-refractivity contribution in [2.75, 3.05) is 13.2 Å². The number of hydrogen-bond donors (Lipinski definition) is 2. The summed E-state index contributed by atoms with van der Waals surface area (Å²) < 4.78 is 17.6. The van der Waals surface area contributed by atoms with Gasteiger partial charge < -0.3 is 15.8 Å². The monoisotopic (exact) mass is 304 g/mol. The van der Waals surface area contributed by atoms with Crippen molar-refractivity contribution in [3.63, 3.8) is 0 Å². The molecule has 0 fully saturated rings. The van der Waals surface area contributed by atoms with Crippen LogP contribution in [0.4, 0.5) is 9.18 Å². The second-order valence-corrected chi connectivity index (χ2v) is 3.90. The normalized spacial score (nSPS) is 9.76. The standard InChI is InChI=1S/C10H10BrFN2O3/c11-8-5-6(12)1-2-7(8)9(15)14-3-4-17-10(13)16/h1-2,5H,3-4H2,(H2,13,16)(H,14,15). The molecule has 0 spiro atoms. The molecule has 0 aromatic heterocycles. The first kappa shape index (κ1) is 13.4. The summed E-state index contributed by atoms with van der Waals surface area (Å²) in [5.74, 6) is -0.838. The minimum Gasteiger partial charge on any atom is -0.448 e. The Bertz CT molecular complexity index is 440. The number of benzene rings is 1. The number of amides is 2. The Balaban J connectivity index is 2.50. The van der Waals surface area contributed by atoms with E-state index in [0.717, 1.165) is 0 Å². The van der Waals surface area contributed by atoms with Crippen molar-refractivity contribution < 1.29 is 18.7 Å². The smallest absolute Gasteiger partial charge is 0.404 e. The molecule has 1 rings (SSSR count). The van der Waals surface area contributed by atoms with E-state index in [2.05, 4.69) is 26.0 Å². The third-order valence-corrected chi connectivity index (χ3v) is 2.46. The molecule has 0 unspecified atom stereocenters. The van der Waals surface area contributed by atoms with Gasteiger partial charge in [-0.25, -0.2) is 9.18 Å². The van der Waals surface area contributed by atoms with E-state index in [-0.39, 0.29) is 13.2 Å². The molecular weight excluding hydrogens is 295 g/mol. The van der Waals surface area contributed by atoms with Gasteiger partial charge in [-0.1, -0.05) is 0 Å². The van der Waals surface area contributed by atoms with Crippen molar-refractivity contribution in [1.82, 2.24) is 5.32 Å². The second-order valence-electron chi connectivity index (χ2n) is 3.05. The van der Waals surface area contributed by atoms with Crippen molar-refractivity contribution in [2.24, 2.45) is 5.73 Å². The maximum atomic E-state index is 12.8. The summed E-state index contributed by atoms with van der Waals surface area (Å²) >= 11 is 3.07. The van der Waals surface area contributed by atoms with Gasteiger partial charge in [0.25, 0.3) is 5.91 Å². The lowest BCUT2D eigenvalue weighted by Gasteiger charge is -2.06. The van der Waals surface area contributed by atoms with Crippen molar-refractivity contribution >= 4 is 27.9 Å². The highest BCUT2D eigenvalue weighted by molar-refractivity contribution is 9.10. The summed E-state index contributed by atoms with van der Waals surface area (Å²) in [4.78, 5) is 21.8. The minimum absolute atomic E-state index is 0.0140. The zero-order valence-corrected chi connectivity index (χ0v) is 10.3. The highest BCUT2D eigenvalue weighted by Crippen LogP contribution is 2.17. The predicted molar refractivity (Wildman–Crippen MR) is 62.0 cm³/mol. The first-order valence-electron chi connectivity index (χ1n) is 4.66. The molecule has 5 nitrogen and oxygen atoms in total. The molecule has 3 N–H and O–H groups in total. The Morgan fingerprint density at radius 3 is 2.76 bits per heavy atom. The highest BCUT2D eigenvalue weighted by atomic mass is 79.9. The van der Waals surface area contributed by atoms with Gasteiger partial charge in [-0.15, -0.1) is 0 Å². The molecule has 1 aromatic carbocycles. The Hall–Kier alpha value is -1.63. The fourth-order valence-corrected chi connectivity index (χ4v) is 1.62. The molecule has 0 atom stereocenters. The molecular formula is C10H10BrFN2O3. The molecule has 2 amide bonds. The number of nitrogens with two attached hydrogens (primary N) is 1. The van der Waals surface area contributed by atoms with E-state index in [1.165, 1.54) is 18.2 Å². The van der Waals surface area contributed by atoms with Gasteiger partial charge in [-0.3, -0.25) is 4.79 Å². The van der Waals surface area contributed by atoms with Crippen LogP contribution in [0, 0.1) is 5.82 Å². The van der Waals surface area contributed by atoms with Crippen LogP contribution < -0.4 is 11.1 Å². The summed E-state index contributed by atoms with van der Waals surface area (Å²) in [7, 11) is 0. The van der Waals surface area contributed by atoms with Gasteiger partial charge in [0.1, 0.15) is 12.4 Å². The average molecular weight is 305 g/mol. The molecule has 92 valence electrons. The van der Waals surface area contributed by atoms with Crippen LogP contribution in [0.25, 0.3) is 0 Å². The SMILES string of the molecule is NC(=O)OCCNC(=O)c1ccc(F)cc1Br. The Labute approximate surface area is 105 Å². The van der Waals surface area contributed by atoms with Crippen molar-refractivity contribution in [1.29, 1.82) is 0 Å². The van der Waals surface area contributed by atoms with Crippen molar-refractivity contribution in [3.05, 3.63) is 34.1 Å². The Kier molecular flexibility index (Phi) is 4.89. The Morgan fingerprint density at radius 1 is 1.47 bits per heavy atom. The molecule has 0 bridgehead atoms. The van der Waals surface area contributed by atoms with E-state index in [1.54, 1.807) is 0 Å². The molecule has 0 heterocycles. The third-order valence-electron chi connectivity index (χ3n) is 1.81. The fourth-order valence-electron chi connectivity index (χ4n) is 1.09. The number of primary amides is 1. The maximum Gasteiger partial charge on any atom is 0.404 e. The maximum absolute atomic E-state index is 12.8. The van der Waals surface area contributed by atoms with E-state index in [9.17, 15) is 14.0 Å². The van der Waals surface area contributed by atoms with Crippen LogP contribution >= 0.6 is 15.9 Å². The second kappa shape index (κ2) is 6.19. The number of rotatable bonds is 4. The topological polar surface area (TPSA) is 81.4 Å². The van der Waals surface area contributed by atoms with Gasteiger partial charge in [0.15, 0.2) is 0 Å². The first-order chi connectivity index (χ1) is 8.00. The number of carbonyl (C=O) groups is 2. The molecule has 0 aliphatic carbocycles. The van der Waals surface area contributed by atoms with Crippen LogP contribution in [-0.2, 0) is 4.74 Å². The third kappa shape index (κ3) is 4.39. The molecule has 0 saturated carbocycles. The quantitative estimate of drug-likeness (QED) is 0.825. The first-order valence-corrected chi connectivity index (χ1v) is 5.45. The summed E-state index contributed by atoms with van der Waals surface area (Å²) in [5, 5.41) is 2.49. The lowest BCUT2D eigenvalue weighted by Crippen LogP contribution is -2.29. The van der Waals surface area contributed by atoms with Crippen LogP contribution in [0.1, 0.15) is 10.4 Å². The van der Waals surface area contributed by atoms with E-state index < -0.39 is 17.8 Å². The predicted octanol–water partition coefficient (Wildman–Crippen LogP) is 1.41. The number of halogens is 2.